The van der Waals surface area contributed by atoms with Crippen molar-refractivity contribution >= 4 is 11.6 Å². The van der Waals surface area contributed by atoms with Crippen LogP contribution in [-0.2, 0) is 9.47 Å². The standard InChI is InChI=1S/C14H18ClN3O2/c1-4-19-14(20-5-2)12-9-18(17-16-12)13-7-6-10(3)8-11(13)15/h6-9,14H,4-5H2,1-3H3. The van der Waals surface area contributed by atoms with Gasteiger partial charge in [-0.2, -0.15) is 0 Å². The maximum Gasteiger partial charge on any atom is 0.204 e. The van der Waals surface area contributed by atoms with Crippen molar-refractivity contribution in [2.45, 2.75) is 27.1 Å². The maximum atomic E-state index is 6.22. The lowest BCUT2D eigenvalue weighted by Crippen LogP contribution is -2.09. The Labute approximate surface area is 123 Å². The van der Waals surface area contributed by atoms with Crippen molar-refractivity contribution in [1.29, 1.82) is 0 Å². The first kappa shape index (κ1) is 15.0. The van der Waals surface area contributed by atoms with Gasteiger partial charge in [-0.1, -0.05) is 22.9 Å². The van der Waals surface area contributed by atoms with Crippen molar-refractivity contribution in [2.24, 2.45) is 0 Å². The average Bonchev–Trinajstić information content (AvgIpc) is 2.88. The van der Waals surface area contributed by atoms with Crippen LogP contribution in [0.25, 0.3) is 5.69 Å². The molecule has 108 valence electrons. The first-order valence-corrected chi connectivity index (χ1v) is 6.95. The molecule has 0 aliphatic heterocycles. The summed E-state index contributed by atoms with van der Waals surface area (Å²) in [6.07, 6.45) is 1.27. The zero-order chi connectivity index (χ0) is 14.5. The molecule has 0 saturated carbocycles. The molecule has 2 aromatic rings. The van der Waals surface area contributed by atoms with Gasteiger partial charge in [-0.05, 0) is 38.5 Å². The van der Waals surface area contributed by atoms with Crippen molar-refractivity contribution < 1.29 is 9.47 Å². The number of benzene rings is 1. The summed E-state index contributed by atoms with van der Waals surface area (Å²) in [5.74, 6) is 0. The van der Waals surface area contributed by atoms with Crippen LogP contribution in [0.5, 0.6) is 0 Å². The van der Waals surface area contributed by atoms with Crippen molar-refractivity contribution in [2.75, 3.05) is 13.2 Å². The molecule has 1 aromatic heterocycles. The van der Waals surface area contributed by atoms with E-state index in [0.717, 1.165) is 11.3 Å². The molecule has 20 heavy (non-hydrogen) atoms. The van der Waals surface area contributed by atoms with Gasteiger partial charge in [0.25, 0.3) is 0 Å². The lowest BCUT2D eigenvalue weighted by molar-refractivity contribution is -0.142. The second-order valence-corrected chi connectivity index (χ2v) is 4.69. The fraction of sp³-hybridized carbons (Fsp3) is 0.429. The summed E-state index contributed by atoms with van der Waals surface area (Å²) < 4.78 is 12.6. The minimum atomic E-state index is -0.497. The zero-order valence-corrected chi connectivity index (χ0v) is 12.6. The Morgan fingerprint density at radius 2 is 1.95 bits per heavy atom. The molecule has 0 fully saturated rings. The lowest BCUT2D eigenvalue weighted by Gasteiger charge is -2.13. The van der Waals surface area contributed by atoms with Gasteiger partial charge in [-0.25, -0.2) is 4.68 Å². The van der Waals surface area contributed by atoms with Crippen LogP contribution in [0.4, 0.5) is 0 Å². The van der Waals surface area contributed by atoms with Gasteiger partial charge < -0.3 is 9.47 Å². The minimum absolute atomic E-state index is 0.497. The van der Waals surface area contributed by atoms with E-state index in [1.54, 1.807) is 10.9 Å². The van der Waals surface area contributed by atoms with Crippen LogP contribution in [0, 0.1) is 6.92 Å². The third-order valence-electron chi connectivity index (χ3n) is 2.74. The van der Waals surface area contributed by atoms with E-state index in [4.69, 9.17) is 21.1 Å². The SMILES string of the molecule is CCOC(OCC)c1cn(-c2ccc(C)cc2Cl)nn1. The van der Waals surface area contributed by atoms with E-state index >= 15 is 0 Å². The number of halogens is 1. The van der Waals surface area contributed by atoms with Gasteiger partial charge in [0, 0.05) is 13.2 Å². The normalized spacial score (nSPS) is 11.2. The van der Waals surface area contributed by atoms with E-state index in [0.29, 0.717) is 23.9 Å². The maximum absolute atomic E-state index is 6.22. The predicted molar refractivity (Wildman–Crippen MR) is 77.1 cm³/mol. The fourth-order valence-corrected chi connectivity index (χ4v) is 2.14. The summed E-state index contributed by atoms with van der Waals surface area (Å²) in [7, 11) is 0. The Morgan fingerprint density at radius 1 is 1.25 bits per heavy atom. The van der Waals surface area contributed by atoms with E-state index < -0.39 is 6.29 Å². The third kappa shape index (κ3) is 3.36. The van der Waals surface area contributed by atoms with Crippen molar-refractivity contribution in [3.8, 4) is 5.69 Å². The summed E-state index contributed by atoms with van der Waals surface area (Å²) in [5.41, 5.74) is 2.51. The van der Waals surface area contributed by atoms with Crippen molar-refractivity contribution in [3.05, 3.63) is 40.7 Å². The topological polar surface area (TPSA) is 49.2 Å². The summed E-state index contributed by atoms with van der Waals surface area (Å²) in [6.45, 7) is 6.90. The average molecular weight is 296 g/mol. The largest absolute Gasteiger partial charge is 0.347 e. The molecular weight excluding hydrogens is 278 g/mol. The minimum Gasteiger partial charge on any atom is -0.347 e. The van der Waals surface area contributed by atoms with E-state index in [1.165, 1.54) is 0 Å². The first-order chi connectivity index (χ1) is 9.65. The summed E-state index contributed by atoms with van der Waals surface area (Å²) >= 11 is 6.22. The second-order valence-electron chi connectivity index (χ2n) is 4.29. The monoisotopic (exact) mass is 295 g/mol. The van der Waals surface area contributed by atoms with E-state index in [2.05, 4.69) is 10.3 Å². The van der Waals surface area contributed by atoms with Crippen LogP contribution in [0.2, 0.25) is 5.02 Å². The lowest BCUT2D eigenvalue weighted by atomic mass is 10.2. The van der Waals surface area contributed by atoms with E-state index in [9.17, 15) is 0 Å². The van der Waals surface area contributed by atoms with Crippen LogP contribution in [0.1, 0.15) is 31.4 Å². The number of rotatable bonds is 6. The van der Waals surface area contributed by atoms with Crippen LogP contribution >= 0.6 is 11.6 Å². The summed E-state index contributed by atoms with van der Waals surface area (Å²) in [6, 6.07) is 5.78. The van der Waals surface area contributed by atoms with E-state index in [-0.39, 0.29) is 0 Å². The summed E-state index contributed by atoms with van der Waals surface area (Å²) in [4.78, 5) is 0. The fourth-order valence-electron chi connectivity index (χ4n) is 1.82. The van der Waals surface area contributed by atoms with E-state index in [1.807, 2.05) is 39.0 Å². The highest BCUT2D eigenvalue weighted by molar-refractivity contribution is 6.32. The Hall–Kier alpha value is -1.43. The highest BCUT2D eigenvalue weighted by Crippen LogP contribution is 2.23. The molecule has 0 atom stereocenters. The molecule has 5 nitrogen and oxygen atoms in total. The smallest absolute Gasteiger partial charge is 0.204 e. The van der Waals surface area contributed by atoms with Crippen molar-refractivity contribution in [3.63, 3.8) is 0 Å². The Kier molecular flexibility index (Phi) is 5.11. The number of hydrogen-bond donors (Lipinski definition) is 0. The molecule has 6 heteroatoms. The summed E-state index contributed by atoms with van der Waals surface area (Å²) in [5, 5.41) is 8.81. The molecule has 0 saturated heterocycles. The highest BCUT2D eigenvalue weighted by Gasteiger charge is 2.16. The number of aryl methyl sites for hydroxylation is 1. The molecule has 0 aliphatic carbocycles. The predicted octanol–water partition coefficient (Wildman–Crippen LogP) is 3.30. The van der Waals surface area contributed by atoms with Crippen LogP contribution in [-0.4, -0.2) is 28.2 Å². The molecule has 1 aromatic carbocycles. The number of nitrogens with zero attached hydrogens (tertiary/aromatic N) is 3. The van der Waals surface area contributed by atoms with Crippen LogP contribution in [0.3, 0.4) is 0 Å². The molecular formula is C14H18ClN3O2. The first-order valence-electron chi connectivity index (χ1n) is 6.57. The van der Waals surface area contributed by atoms with Crippen LogP contribution < -0.4 is 0 Å². The molecule has 0 radical (unpaired) electrons. The molecule has 0 bridgehead atoms. The van der Waals surface area contributed by atoms with Gasteiger partial charge in [0.15, 0.2) is 0 Å². The molecule has 0 aliphatic rings. The quantitative estimate of drug-likeness (QED) is 0.767. The molecule has 0 N–H and O–H groups in total. The molecule has 0 spiro atoms. The number of hydrogen-bond acceptors (Lipinski definition) is 4. The van der Waals surface area contributed by atoms with Gasteiger partial charge in [-0.3, -0.25) is 0 Å². The van der Waals surface area contributed by atoms with Gasteiger partial charge in [0.1, 0.15) is 5.69 Å². The third-order valence-corrected chi connectivity index (χ3v) is 3.04. The second kappa shape index (κ2) is 6.83. The van der Waals surface area contributed by atoms with Gasteiger partial charge in [-0.15, -0.1) is 5.10 Å². The molecule has 2 rings (SSSR count). The Balaban J connectivity index is 2.27. The molecule has 0 amide bonds. The Morgan fingerprint density at radius 3 is 2.55 bits per heavy atom. The van der Waals surface area contributed by atoms with Gasteiger partial charge in [0.2, 0.25) is 6.29 Å². The van der Waals surface area contributed by atoms with Crippen molar-refractivity contribution in [1.82, 2.24) is 15.0 Å². The zero-order valence-electron chi connectivity index (χ0n) is 11.8. The number of aromatic nitrogens is 3. The van der Waals surface area contributed by atoms with Gasteiger partial charge >= 0.3 is 0 Å². The Bertz CT molecular complexity index is 565. The highest BCUT2D eigenvalue weighted by atomic mass is 35.5. The van der Waals surface area contributed by atoms with Gasteiger partial charge in [0.05, 0.1) is 16.9 Å². The molecule has 1 heterocycles. The molecule has 0 unspecified atom stereocenters. The number of ether oxygens (including phenoxy) is 2. The van der Waals surface area contributed by atoms with Crippen LogP contribution in [0.15, 0.2) is 24.4 Å².